The van der Waals surface area contributed by atoms with Crippen LogP contribution >= 0.6 is 0 Å². The maximum absolute atomic E-state index is 9.77. The van der Waals surface area contributed by atoms with E-state index in [1.165, 1.54) is 10.8 Å². The van der Waals surface area contributed by atoms with E-state index in [0.717, 1.165) is 105 Å². The lowest BCUT2D eigenvalue weighted by Gasteiger charge is -2.45. The fourth-order valence-corrected chi connectivity index (χ4v) is 17.0. The lowest BCUT2D eigenvalue weighted by atomic mass is 9.62. The third-order valence-electron chi connectivity index (χ3n) is 15.4. The molecule has 332 valence electrons. The Morgan fingerprint density at radius 3 is 1.58 bits per heavy atom. The third-order valence-corrected chi connectivity index (χ3v) is 20.0. The molecule has 4 heterocycles. The number of hydrogen-bond donors (Lipinski definition) is 0. The smallest absolute Gasteiger partial charge is 0.179 e. The summed E-state index contributed by atoms with van der Waals surface area (Å²) in [5, 5.41) is 7.60. The van der Waals surface area contributed by atoms with Gasteiger partial charge in [-0.2, -0.15) is 0 Å². The predicted molar refractivity (Wildman–Crippen MR) is 296 cm³/mol. The van der Waals surface area contributed by atoms with Crippen LogP contribution in [0, 0.1) is 0 Å². The first-order valence-electron chi connectivity index (χ1n) is 26.7. The largest absolute Gasteiger partial charge is 0.457 e. The summed E-state index contributed by atoms with van der Waals surface area (Å²) < 4.78 is 58.2. The van der Waals surface area contributed by atoms with Gasteiger partial charge < -0.3 is 13.9 Å². The molecule has 0 atom stereocenters. The van der Waals surface area contributed by atoms with Crippen LogP contribution in [0.2, 0.25) is 0 Å². The summed E-state index contributed by atoms with van der Waals surface area (Å²) >= 11 is 0. The summed E-state index contributed by atoms with van der Waals surface area (Å²) in [5.41, 5.74) is 12.1. The molecule has 2 aliphatic heterocycles. The lowest BCUT2D eigenvalue weighted by Crippen LogP contribution is -2.74. The molecule has 0 radical (unpaired) electrons. The number of rotatable bonds is 6. The average molecular weight is 926 g/mol. The van der Waals surface area contributed by atoms with Crippen LogP contribution < -0.4 is 25.5 Å². The molecule has 15 rings (SSSR count). The Kier molecular flexibility index (Phi) is 7.57. The van der Waals surface area contributed by atoms with Gasteiger partial charge in [-0.1, -0.05) is 206 Å². The zero-order chi connectivity index (χ0) is 51.0. The Labute approximate surface area is 419 Å². The third kappa shape index (κ3) is 5.48. The van der Waals surface area contributed by atoms with E-state index < -0.39 is 19.5 Å². The molecule has 0 saturated carbocycles. The topological polar surface area (TPSA) is 19.1 Å². The van der Waals surface area contributed by atoms with E-state index in [2.05, 4.69) is 197 Å². The van der Waals surface area contributed by atoms with E-state index >= 15 is 0 Å². The van der Waals surface area contributed by atoms with E-state index in [4.69, 9.17) is 8.85 Å². The van der Waals surface area contributed by atoms with Gasteiger partial charge in [-0.3, -0.25) is 0 Å². The van der Waals surface area contributed by atoms with Gasteiger partial charge >= 0.3 is 0 Å². The van der Waals surface area contributed by atoms with E-state index in [1.807, 2.05) is 48.5 Å². The number of fused-ring (bicyclic) bond motifs is 14. The Bertz CT molecular complexity index is 4460. The van der Waals surface area contributed by atoms with E-state index in [1.54, 1.807) is 0 Å². The minimum absolute atomic E-state index is 0.193. The van der Waals surface area contributed by atoms with Gasteiger partial charge in [0.2, 0.25) is 0 Å². The molecule has 0 N–H and O–H groups in total. The molecular weight excluding hydrogens is 877 g/mol. The van der Waals surface area contributed by atoms with Gasteiger partial charge in [0, 0.05) is 38.4 Å². The summed E-state index contributed by atoms with van der Waals surface area (Å²) in [6.07, 6.45) is 0. The molecule has 0 aliphatic carbocycles. The maximum atomic E-state index is 9.77. The minimum Gasteiger partial charge on any atom is -0.457 e. The van der Waals surface area contributed by atoms with Crippen LogP contribution in [0.25, 0.3) is 66.1 Å². The molecule has 0 amide bonds. The molecule has 1 spiro atoms. The van der Waals surface area contributed by atoms with E-state index in [0.29, 0.717) is 5.19 Å². The van der Waals surface area contributed by atoms with Crippen molar-refractivity contribution in [1.29, 1.82) is 0 Å². The van der Waals surface area contributed by atoms with E-state index in [9.17, 15) is 2.74 Å². The summed E-state index contributed by atoms with van der Waals surface area (Å²) in [4.78, 5) is 0. The summed E-state index contributed by atoms with van der Waals surface area (Å²) in [6, 6.07) is 81.8. The minimum atomic E-state index is -3.81. The monoisotopic (exact) mass is 925 g/mol. The molecule has 0 unspecified atom stereocenters. The highest BCUT2D eigenvalue weighted by Crippen LogP contribution is 2.60. The zero-order valence-electron chi connectivity index (χ0n) is 43.3. The molecule has 3 nitrogen and oxygen atoms in total. The van der Waals surface area contributed by atoms with Crippen LogP contribution in [-0.2, 0) is 5.41 Å². The van der Waals surface area contributed by atoms with Crippen molar-refractivity contribution in [2.75, 3.05) is 0 Å². The second-order valence-electron chi connectivity index (χ2n) is 18.7. The van der Waals surface area contributed by atoms with Crippen LogP contribution in [0.1, 0.15) is 29.1 Å². The number of benzene rings is 11. The number of para-hydroxylation sites is 5. The Hall–Kier alpha value is -8.96. The highest BCUT2D eigenvalue weighted by atomic mass is 28.3. The number of nitrogens with zero attached hydrogens (tertiary/aromatic N) is 2. The van der Waals surface area contributed by atoms with Crippen LogP contribution in [0.5, 0.6) is 11.5 Å². The molecule has 0 bridgehead atoms. The van der Waals surface area contributed by atoms with Gasteiger partial charge in [0.05, 0.1) is 40.0 Å². The molecule has 4 heteroatoms. The normalized spacial score (nSPS) is 14.3. The van der Waals surface area contributed by atoms with Crippen LogP contribution in [0.15, 0.2) is 267 Å². The van der Waals surface area contributed by atoms with Crippen LogP contribution in [0.4, 0.5) is 0 Å². The first-order chi connectivity index (χ1) is 37.3. The molecular formula is C67H44N2OSi. The van der Waals surface area contributed by atoms with Crippen molar-refractivity contribution in [3.05, 3.63) is 289 Å². The standard InChI is InChI=1S/C67H44N2OSi/c1-5-20-47(21-6-1)68-60-33-16-13-28-52(60)54-42-45(36-40-61(54)68)46-37-41-62-55(43-46)53-29-19-32-59-66(53)69(62)63-44-51(38-39-56(63)67(59)57-30-14-17-34-64(57)70-65-35-18-15-31-58(65)67)71(48-22-7-2-8-23-48,49-24-9-3-10-25-49)50-26-11-4-12-27-50/h1-44H/i2D,7D,8D,22D,23D. The van der Waals surface area contributed by atoms with Gasteiger partial charge in [0.15, 0.2) is 8.07 Å². The van der Waals surface area contributed by atoms with Crippen molar-refractivity contribution >= 4 is 72.4 Å². The molecule has 2 aromatic heterocycles. The predicted octanol–water partition coefficient (Wildman–Crippen LogP) is 13.7. The Morgan fingerprint density at radius 2 is 0.901 bits per heavy atom. The summed E-state index contributed by atoms with van der Waals surface area (Å²) in [7, 11) is -3.81. The van der Waals surface area contributed by atoms with Crippen molar-refractivity contribution in [2.45, 2.75) is 5.41 Å². The highest BCUT2D eigenvalue weighted by Gasteiger charge is 2.51. The highest BCUT2D eigenvalue weighted by molar-refractivity contribution is 7.19. The summed E-state index contributed by atoms with van der Waals surface area (Å²) in [6.45, 7) is 0. The Balaban J connectivity index is 1.06. The van der Waals surface area contributed by atoms with Crippen LogP contribution in [-0.4, -0.2) is 17.2 Å². The lowest BCUT2D eigenvalue weighted by molar-refractivity contribution is 0.434. The van der Waals surface area contributed by atoms with Gasteiger partial charge in [0.1, 0.15) is 11.5 Å². The molecule has 13 aromatic rings. The van der Waals surface area contributed by atoms with Gasteiger partial charge in [-0.15, -0.1) is 0 Å². The van der Waals surface area contributed by atoms with Crippen molar-refractivity contribution in [3.8, 4) is 34.0 Å². The average Bonchev–Trinajstić information content (AvgIpc) is 4.07. The fraction of sp³-hybridized carbons (Fsp3) is 0.0149. The SMILES string of the molecule is [2H]c1c([2H])c([2H])c([Si](c2ccccc2)(c2ccccc2)c2ccc3c(c2)-n2c4ccc(-c5ccc6c(c5)c5ccccc5n6-c5ccccc5)cc4c4cccc(c42)C32c3ccccc3Oc3ccccc32)c([2H])c1[2H]. The molecule has 2 aliphatic rings. The number of ether oxygens (including phenoxy) is 1. The fourth-order valence-electron chi connectivity index (χ4n) is 12.5. The molecule has 0 saturated heterocycles. The molecule has 0 fully saturated rings. The number of aromatic nitrogens is 2. The second kappa shape index (κ2) is 15.3. The maximum Gasteiger partial charge on any atom is 0.179 e. The van der Waals surface area contributed by atoms with Crippen molar-refractivity contribution in [3.63, 3.8) is 0 Å². The van der Waals surface area contributed by atoms with Crippen molar-refractivity contribution in [1.82, 2.24) is 9.13 Å². The van der Waals surface area contributed by atoms with Crippen molar-refractivity contribution in [2.24, 2.45) is 0 Å². The first kappa shape index (κ1) is 35.2. The zero-order valence-corrected chi connectivity index (χ0v) is 39.3. The summed E-state index contributed by atoms with van der Waals surface area (Å²) in [5.74, 6) is 1.56. The van der Waals surface area contributed by atoms with Gasteiger partial charge in [-0.25, -0.2) is 0 Å². The molecule has 71 heavy (non-hydrogen) atoms. The van der Waals surface area contributed by atoms with Gasteiger partial charge in [0.25, 0.3) is 0 Å². The Morgan fingerprint density at radius 1 is 0.366 bits per heavy atom. The quantitative estimate of drug-likeness (QED) is 0.120. The second-order valence-corrected chi connectivity index (χ2v) is 22.5. The first-order valence-corrected chi connectivity index (χ1v) is 26.2. The van der Waals surface area contributed by atoms with Crippen LogP contribution in [0.3, 0.4) is 0 Å². The van der Waals surface area contributed by atoms with Crippen molar-refractivity contribution < 1.29 is 11.6 Å². The van der Waals surface area contributed by atoms with Gasteiger partial charge in [-0.05, 0) is 104 Å². The molecule has 11 aromatic carbocycles. The van der Waals surface area contributed by atoms with E-state index in [-0.39, 0.29) is 24.2 Å². The number of hydrogen-bond acceptors (Lipinski definition) is 1.